The summed E-state index contributed by atoms with van der Waals surface area (Å²) in [6.07, 6.45) is 1.06. The first-order valence-electron chi connectivity index (χ1n) is 3.85. The molecule has 0 aromatic rings. The van der Waals surface area contributed by atoms with Crippen LogP contribution in [0.5, 0.6) is 0 Å². The molecule has 68 valence electrons. The van der Waals surface area contributed by atoms with Crippen LogP contribution >= 0.6 is 0 Å². The first-order valence-corrected chi connectivity index (χ1v) is 3.85. The normalized spacial score (nSPS) is 27.4. The number of carbonyl (C=O) groups is 2. The molecule has 0 spiro atoms. The largest absolute Gasteiger partial charge is 0.481 e. The molecule has 0 radical (unpaired) electrons. The zero-order valence-electron chi connectivity index (χ0n) is 6.62. The summed E-state index contributed by atoms with van der Waals surface area (Å²) in [7, 11) is 0. The van der Waals surface area contributed by atoms with E-state index in [0.717, 1.165) is 0 Å². The van der Waals surface area contributed by atoms with Crippen molar-refractivity contribution in [2.45, 2.75) is 18.9 Å². The Morgan fingerprint density at radius 3 is 2.50 bits per heavy atom. The lowest BCUT2D eigenvalue weighted by Gasteiger charge is -2.32. The molecule has 5 heteroatoms. The van der Waals surface area contributed by atoms with Crippen LogP contribution in [-0.4, -0.2) is 29.6 Å². The van der Waals surface area contributed by atoms with Crippen LogP contribution < -0.4 is 11.1 Å². The summed E-state index contributed by atoms with van der Waals surface area (Å²) in [6.45, 7) is -0.0335. The second-order valence-electron chi connectivity index (χ2n) is 2.98. The molecule has 0 saturated heterocycles. The third kappa shape index (κ3) is 1.94. The zero-order valence-corrected chi connectivity index (χ0v) is 6.62. The fourth-order valence-electron chi connectivity index (χ4n) is 1.22. The summed E-state index contributed by atoms with van der Waals surface area (Å²) >= 11 is 0. The van der Waals surface area contributed by atoms with Gasteiger partial charge in [0.05, 0.1) is 12.5 Å². The van der Waals surface area contributed by atoms with Gasteiger partial charge in [-0.2, -0.15) is 0 Å². The quantitative estimate of drug-likeness (QED) is 0.505. The Hall–Kier alpha value is -1.10. The number of carboxylic acids is 1. The van der Waals surface area contributed by atoms with Crippen molar-refractivity contribution in [3.63, 3.8) is 0 Å². The second-order valence-corrected chi connectivity index (χ2v) is 2.98. The van der Waals surface area contributed by atoms with Gasteiger partial charge in [0.25, 0.3) is 0 Å². The zero-order chi connectivity index (χ0) is 9.14. The van der Waals surface area contributed by atoms with E-state index in [1.54, 1.807) is 0 Å². The molecule has 4 N–H and O–H groups in total. The number of hydrogen-bond acceptors (Lipinski definition) is 3. The van der Waals surface area contributed by atoms with Crippen molar-refractivity contribution in [3.05, 3.63) is 0 Å². The lowest BCUT2D eigenvalue weighted by molar-refractivity contribution is -0.146. The Balaban J connectivity index is 2.17. The summed E-state index contributed by atoms with van der Waals surface area (Å²) in [6, 6.07) is 0.0159. The van der Waals surface area contributed by atoms with Crippen LogP contribution in [0.15, 0.2) is 0 Å². The van der Waals surface area contributed by atoms with Crippen molar-refractivity contribution < 1.29 is 14.7 Å². The predicted molar refractivity (Wildman–Crippen MR) is 41.3 cm³/mol. The maximum absolute atomic E-state index is 10.7. The number of amides is 1. The maximum Gasteiger partial charge on any atom is 0.306 e. The molecule has 0 aliphatic heterocycles. The minimum absolute atomic E-state index is 0.0159. The lowest BCUT2D eigenvalue weighted by Crippen LogP contribution is -2.48. The van der Waals surface area contributed by atoms with Crippen molar-refractivity contribution in [2.24, 2.45) is 11.7 Å². The van der Waals surface area contributed by atoms with Gasteiger partial charge in [0.2, 0.25) is 5.91 Å². The van der Waals surface area contributed by atoms with Gasteiger partial charge in [-0.05, 0) is 12.8 Å². The number of hydrogen-bond donors (Lipinski definition) is 3. The molecule has 12 heavy (non-hydrogen) atoms. The van der Waals surface area contributed by atoms with E-state index < -0.39 is 5.97 Å². The maximum atomic E-state index is 10.7. The Morgan fingerprint density at radius 2 is 2.08 bits per heavy atom. The number of carboxylic acid groups (broad SMARTS) is 1. The smallest absolute Gasteiger partial charge is 0.306 e. The molecule has 0 unspecified atom stereocenters. The summed E-state index contributed by atoms with van der Waals surface area (Å²) in [5.41, 5.74) is 5.07. The van der Waals surface area contributed by atoms with Gasteiger partial charge in [-0.1, -0.05) is 0 Å². The summed E-state index contributed by atoms with van der Waals surface area (Å²) in [4.78, 5) is 21.1. The number of rotatable bonds is 3. The summed E-state index contributed by atoms with van der Waals surface area (Å²) in [5, 5.41) is 11.1. The highest BCUT2D eigenvalue weighted by atomic mass is 16.4. The Bertz CT molecular complexity index is 199. The number of aliphatic carboxylic acids is 1. The van der Waals surface area contributed by atoms with Gasteiger partial charge in [-0.3, -0.25) is 9.59 Å². The molecule has 1 aliphatic rings. The summed E-state index contributed by atoms with van der Waals surface area (Å²) in [5.74, 6) is -1.29. The SMILES string of the molecule is NCC(=O)NC1CC(C(=O)O)C1. The van der Waals surface area contributed by atoms with E-state index in [-0.39, 0.29) is 24.4 Å². The van der Waals surface area contributed by atoms with Gasteiger partial charge in [0.1, 0.15) is 0 Å². The van der Waals surface area contributed by atoms with Gasteiger partial charge in [-0.25, -0.2) is 0 Å². The predicted octanol–water partition coefficient (Wildman–Crippen LogP) is -1.08. The number of carbonyl (C=O) groups excluding carboxylic acids is 1. The lowest BCUT2D eigenvalue weighted by atomic mass is 9.80. The van der Waals surface area contributed by atoms with Crippen LogP contribution in [0, 0.1) is 5.92 Å². The molecule has 1 amide bonds. The molecule has 0 bridgehead atoms. The molecule has 1 fully saturated rings. The average Bonchev–Trinajstić information content (AvgIpc) is 1.94. The molecule has 5 nitrogen and oxygen atoms in total. The van der Waals surface area contributed by atoms with E-state index >= 15 is 0 Å². The van der Waals surface area contributed by atoms with E-state index in [4.69, 9.17) is 10.8 Å². The van der Waals surface area contributed by atoms with Crippen molar-refractivity contribution in [1.82, 2.24) is 5.32 Å². The van der Waals surface area contributed by atoms with E-state index in [0.29, 0.717) is 12.8 Å². The molecule has 0 aromatic heterocycles. The Morgan fingerprint density at radius 1 is 1.50 bits per heavy atom. The van der Waals surface area contributed by atoms with Crippen LogP contribution in [0.4, 0.5) is 0 Å². The monoisotopic (exact) mass is 172 g/mol. The average molecular weight is 172 g/mol. The Kier molecular flexibility index (Phi) is 2.65. The van der Waals surface area contributed by atoms with Crippen molar-refractivity contribution in [3.8, 4) is 0 Å². The van der Waals surface area contributed by atoms with Gasteiger partial charge in [0, 0.05) is 6.04 Å². The van der Waals surface area contributed by atoms with Gasteiger partial charge in [0.15, 0.2) is 0 Å². The molecule has 0 aromatic carbocycles. The van der Waals surface area contributed by atoms with Crippen LogP contribution in [0.2, 0.25) is 0 Å². The molecule has 1 saturated carbocycles. The van der Waals surface area contributed by atoms with Gasteiger partial charge >= 0.3 is 5.97 Å². The molecular formula is C7H12N2O3. The van der Waals surface area contributed by atoms with Gasteiger partial charge in [-0.15, -0.1) is 0 Å². The number of nitrogens with two attached hydrogens (primary N) is 1. The highest BCUT2D eigenvalue weighted by molar-refractivity contribution is 5.79. The minimum atomic E-state index is -0.784. The minimum Gasteiger partial charge on any atom is -0.481 e. The van der Waals surface area contributed by atoms with Crippen LogP contribution in [0.25, 0.3) is 0 Å². The van der Waals surface area contributed by atoms with Crippen molar-refractivity contribution in [2.75, 3.05) is 6.54 Å². The van der Waals surface area contributed by atoms with Crippen molar-refractivity contribution in [1.29, 1.82) is 0 Å². The molecule has 1 aliphatic carbocycles. The van der Waals surface area contributed by atoms with Crippen LogP contribution in [-0.2, 0) is 9.59 Å². The van der Waals surface area contributed by atoms with Gasteiger partial charge < -0.3 is 16.2 Å². The van der Waals surface area contributed by atoms with E-state index in [1.807, 2.05) is 0 Å². The topological polar surface area (TPSA) is 92.4 Å². The standard InChI is InChI=1S/C7H12N2O3/c8-3-6(10)9-5-1-4(2-5)7(11)12/h4-5H,1-3,8H2,(H,9,10)(H,11,12). The molecular weight excluding hydrogens is 160 g/mol. The van der Waals surface area contributed by atoms with E-state index in [9.17, 15) is 9.59 Å². The van der Waals surface area contributed by atoms with E-state index in [2.05, 4.69) is 5.32 Å². The first kappa shape index (κ1) is 8.99. The molecule has 0 heterocycles. The third-order valence-electron chi connectivity index (χ3n) is 2.04. The highest BCUT2D eigenvalue weighted by Crippen LogP contribution is 2.27. The van der Waals surface area contributed by atoms with Crippen LogP contribution in [0.1, 0.15) is 12.8 Å². The third-order valence-corrected chi connectivity index (χ3v) is 2.04. The number of nitrogens with one attached hydrogen (secondary N) is 1. The first-order chi connectivity index (χ1) is 5.63. The molecule has 0 atom stereocenters. The Labute approximate surface area is 69.9 Å². The van der Waals surface area contributed by atoms with E-state index in [1.165, 1.54) is 0 Å². The summed E-state index contributed by atoms with van der Waals surface area (Å²) < 4.78 is 0. The van der Waals surface area contributed by atoms with Crippen LogP contribution in [0.3, 0.4) is 0 Å². The molecule has 1 rings (SSSR count). The fourth-order valence-corrected chi connectivity index (χ4v) is 1.22. The second kappa shape index (κ2) is 3.53. The fraction of sp³-hybridized carbons (Fsp3) is 0.714. The van der Waals surface area contributed by atoms with Crippen molar-refractivity contribution >= 4 is 11.9 Å². The highest BCUT2D eigenvalue weighted by Gasteiger charge is 2.34.